The van der Waals surface area contributed by atoms with Crippen LogP contribution in [0.1, 0.15) is 42.1 Å². The number of unbranched alkanes of at least 4 members (excludes halogenated alkanes) is 2. The Hall–Kier alpha value is -1.89. The molecule has 26 heavy (non-hydrogen) atoms. The smallest absolute Gasteiger partial charge is 0.251 e. The highest BCUT2D eigenvalue weighted by Crippen LogP contribution is 2.13. The molecule has 7 heteroatoms. The van der Waals surface area contributed by atoms with Crippen molar-refractivity contribution < 1.29 is 13.2 Å². The summed E-state index contributed by atoms with van der Waals surface area (Å²) in [5.41, 5.74) is 1.25. The SMILES string of the molecule is CCCCCNC(=O)c1ccc(S(=O)(=O)NCc2ccc(Cl)cc2)cc1. The van der Waals surface area contributed by atoms with Crippen molar-refractivity contribution in [3.8, 4) is 0 Å². The summed E-state index contributed by atoms with van der Waals surface area (Å²) in [6.45, 7) is 2.89. The van der Waals surface area contributed by atoms with Crippen LogP contribution in [0.25, 0.3) is 0 Å². The molecule has 0 aliphatic heterocycles. The normalized spacial score (nSPS) is 11.3. The molecule has 0 fully saturated rings. The number of carbonyl (C=O) groups excluding carboxylic acids is 1. The van der Waals surface area contributed by atoms with Crippen LogP contribution in [-0.2, 0) is 16.6 Å². The van der Waals surface area contributed by atoms with Crippen molar-refractivity contribution in [2.45, 2.75) is 37.6 Å². The molecule has 2 aromatic carbocycles. The maximum absolute atomic E-state index is 12.4. The summed E-state index contributed by atoms with van der Waals surface area (Å²) in [7, 11) is -3.65. The number of rotatable bonds is 9. The Balaban J connectivity index is 1.95. The predicted octanol–water partition coefficient (Wildman–Crippen LogP) is 3.74. The van der Waals surface area contributed by atoms with E-state index in [0.29, 0.717) is 17.1 Å². The van der Waals surface area contributed by atoms with Gasteiger partial charge in [-0.2, -0.15) is 0 Å². The molecular formula is C19H23ClN2O3S. The van der Waals surface area contributed by atoms with Gasteiger partial charge >= 0.3 is 0 Å². The van der Waals surface area contributed by atoms with E-state index in [-0.39, 0.29) is 17.3 Å². The van der Waals surface area contributed by atoms with E-state index in [1.54, 1.807) is 24.3 Å². The Labute approximate surface area is 159 Å². The summed E-state index contributed by atoms with van der Waals surface area (Å²) in [6.07, 6.45) is 3.09. The zero-order chi connectivity index (χ0) is 19.0. The third-order valence-corrected chi connectivity index (χ3v) is 5.54. The first kappa shape index (κ1) is 20.4. The van der Waals surface area contributed by atoms with Crippen LogP contribution >= 0.6 is 11.6 Å². The second-order valence-electron chi connectivity index (χ2n) is 5.94. The molecule has 0 aromatic heterocycles. The number of halogens is 1. The standard InChI is InChI=1S/C19H23ClN2O3S/c1-2-3-4-13-21-19(23)16-7-11-18(12-8-16)26(24,25)22-14-15-5-9-17(20)10-6-15/h5-12,22H,2-4,13-14H2,1H3,(H,21,23). The molecule has 5 nitrogen and oxygen atoms in total. The van der Waals surface area contributed by atoms with Crippen molar-refractivity contribution in [1.82, 2.24) is 10.0 Å². The van der Waals surface area contributed by atoms with E-state index in [4.69, 9.17) is 11.6 Å². The van der Waals surface area contributed by atoms with Gasteiger partial charge in [0.2, 0.25) is 10.0 Å². The first-order valence-electron chi connectivity index (χ1n) is 8.55. The van der Waals surface area contributed by atoms with E-state index in [2.05, 4.69) is 17.0 Å². The van der Waals surface area contributed by atoms with Gasteiger partial charge in [-0.1, -0.05) is 43.5 Å². The van der Waals surface area contributed by atoms with Gasteiger partial charge in [-0.15, -0.1) is 0 Å². The molecule has 0 spiro atoms. The number of carbonyl (C=O) groups is 1. The molecule has 2 N–H and O–H groups in total. The highest BCUT2D eigenvalue weighted by molar-refractivity contribution is 7.89. The molecule has 2 aromatic rings. The second kappa shape index (κ2) is 9.71. The molecular weight excluding hydrogens is 372 g/mol. The molecule has 0 saturated heterocycles. The van der Waals surface area contributed by atoms with E-state index in [0.717, 1.165) is 24.8 Å². The molecule has 0 heterocycles. The fourth-order valence-corrected chi connectivity index (χ4v) is 3.47. The lowest BCUT2D eigenvalue weighted by Crippen LogP contribution is -2.25. The van der Waals surface area contributed by atoms with Crippen molar-refractivity contribution >= 4 is 27.5 Å². The number of amides is 1. The number of nitrogens with one attached hydrogen (secondary N) is 2. The summed E-state index contributed by atoms with van der Waals surface area (Å²) in [5.74, 6) is -0.195. The summed E-state index contributed by atoms with van der Waals surface area (Å²) in [4.78, 5) is 12.1. The molecule has 0 atom stereocenters. The Morgan fingerprint density at radius 1 is 1.00 bits per heavy atom. The van der Waals surface area contributed by atoms with Gasteiger partial charge in [0, 0.05) is 23.7 Å². The topological polar surface area (TPSA) is 75.3 Å². The highest BCUT2D eigenvalue weighted by atomic mass is 35.5. The minimum Gasteiger partial charge on any atom is -0.352 e. The van der Waals surface area contributed by atoms with Crippen LogP contribution in [0.5, 0.6) is 0 Å². The van der Waals surface area contributed by atoms with Crippen molar-refractivity contribution in [3.05, 3.63) is 64.7 Å². The van der Waals surface area contributed by atoms with Crippen LogP contribution in [0.3, 0.4) is 0 Å². The molecule has 0 bridgehead atoms. The van der Waals surface area contributed by atoms with Gasteiger partial charge in [-0.25, -0.2) is 13.1 Å². The molecule has 0 aliphatic carbocycles. The fourth-order valence-electron chi connectivity index (χ4n) is 2.33. The zero-order valence-electron chi connectivity index (χ0n) is 14.7. The molecule has 0 saturated carbocycles. The summed E-state index contributed by atoms with van der Waals surface area (Å²) in [5, 5.41) is 3.43. The lowest BCUT2D eigenvalue weighted by atomic mass is 10.2. The highest BCUT2D eigenvalue weighted by Gasteiger charge is 2.14. The van der Waals surface area contributed by atoms with Crippen LogP contribution in [0, 0.1) is 0 Å². The third kappa shape index (κ3) is 6.12. The van der Waals surface area contributed by atoms with Gasteiger partial charge in [-0.3, -0.25) is 4.79 Å². The number of hydrogen-bond donors (Lipinski definition) is 2. The third-order valence-electron chi connectivity index (χ3n) is 3.87. The monoisotopic (exact) mass is 394 g/mol. The molecule has 1 amide bonds. The maximum Gasteiger partial charge on any atom is 0.251 e. The number of hydrogen-bond acceptors (Lipinski definition) is 3. The van der Waals surface area contributed by atoms with Crippen molar-refractivity contribution in [2.75, 3.05) is 6.54 Å². The van der Waals surface area contributed by atoms with Gasteiger partial charge < -0.3 is 5.32 Å². The van der Waals surface area contributed by atoms with Crippen molar-refractivity contribution in [3.63, 3.8) is 0 Å². The van der Waals surface area contributed by atoms with Gasteiger partial charge in [0.15, 0.2) is 0 Å². The zero-order valence-corrected chi connectivity index (χ0v) is 16.2. The summed E-state index contributed by atoms with van der Waals surface area (Å²) < 4.78 is 27.3. The lowest BCUT2D eigenvalue weighted by molar-refractivity contribution is 0.0953. The van der Waals surface area contributed by atoms with Gasteiger partial charge in [0.1, 0.15) is 0 Å². The van der Waals surface area contributed by atoms with E-state index in [9.17, 15) is 13.2 Å². The maximum atomic E-state index is 12.4. The van der Waals surface area contributed by atoms with Crippen LogP contribution < -0.4 is 10.0 Å². The first-order valence-corrected chi connectivity index (χ1v) is 10.4. The molecule has 0 aliphatic rings. The van der Waals surface area contributed by atoms with Crippen LogP contribution in [0.15, 0.2) is 53.4 Å². The Morgan fingerprint density at radius 3 is 2.27 bits per heavy atom. The fraction of sp³-hybridized carbons (Fsp3) is 0.316. The number of benzene rings is 2. The Bertz CT molecular complexity index is 819. The number of sulfonamides is 1. The van der Waals surface area contributed by atoms with E-state index >= 15 is 0 Å². The van der Waals surface area contributed by atoms with E-state index in [1.165, 1.54) is 24.3 Å². The molecule has 0 radical (unpaired) electrons. The largest absolute Gasteiger partial charge is 0.352 e. The van der Waals surface area contributed by atoms with Gasteiger partial charge in [-0.05, 0) is 48.4 Å². The van der Waals surface area contributed by atoms with Crippen molar-refractivity contribution in [1.29, 1.82) is 0 Å². The molecule has 0 unspecified atom stereocenters. The Morgan fingerprint density at radius 2 is 1.65 bits per heavy atom. The minimum atomic E-state index is -3.65. The average molecular weight is 395 g/mol. The summed E-state index contributed by atoms with van der Waals surface area (Å²) >= 11 is 5.81. The van der Waals surface area contributed by atoms with Crippen molar-refractivity contribution in [2.24, 2.45) is 0 Å². The van der Waals surface area contributed by atoms with Crippen LogP contribution in [0.4, 0.5) is 0 Å². The Kier molecular flexibility index (Phi) is 7.63. The van der Waals surface area contributed by atoms with Crippen LogP contribution in [0.2, 0.25) is 5.02 Å². The minimum absolute atomic E-state index is 0.119. The van der Waals surface area contributed by atoms with E-state index < -0.39 is 10.0 Å². The predicted molar refractivity (Wildman–Crippen MR) is 104 cm³/mol. The van der Waals surface area contributed by atoms with E-state index in [1.807, 2.05) is 0 Å². The van der Waals surface area contributed by atoms with Gasteiger partial charge in [0.05, 0.1) is 4.90 Å². The lowest BCUT2D eigenvalue weighted by Gasteiger charge is -2.08. The molecule has 140 valence electrons. The average Bonchev–Trinajstić information content (AvgIpc) is 2.65. The molecule has 2 rings (SSSR count). The summed E-state index contributed by atoms with van der Waals surface area (Å²) in [6, 6.07) is 12.8. The van der Waals surface area contributed by atoms with Gasteiger partial charge in [0.25, 0.3) is 5.91 Å². The quantitative estimate of drug-likeness (QED) is 0.636. The second-order valence-corrected chi connectivity index (χ2v) is 8.14. The first-order chi connectivity index (χ1) is 12.4. The van der Waals surface area contributed by atoms with Crippen LogP contribution in [-0.4, -0.2) is 20.9 Å².